The number of hydrogen-bond acceptors (Lipinski definition) is 9. The van der Waals surface area contributed by atoms with E-state index in [1.54, 1.807) is 12.4 Å². The van der Waals surface area contributed by atoms with Crippen LogP contribution in [-0.2, 0) is 4.79 Å². The molecular weight excluding hydrogens is 639 g/mol. The molecule has 1 saturated heterocycles. The molecule has 3 atom stereocenters. The van der Waals surface area contributed by atoms with Gasteiger partial charge in [0.25, 0.3) is 0 Å². The molecule has 0 radical (unpaired) electrons. The maximum atomic E-state index is 13.4. The molecule has 12 heteroatoms. The first-order valence-corrected chi connectivity index (χ1v) is 17.2. The number of benzene rings is 2. The zero-order chi connectivity index (χ0) is 34.7. The minimum Gasteiger partial charge on any atom is -0.368 e. The molecule has 0 saturated carbocycles. The summed E-state index contributed by atoms with van der Waals surface area (Å²) in [5, 5.41) is 27.9. The van der Waals surface area contributed by atoms with Gasteiger partial charge in [-0.05, 0) is 81.5 Å². The first-order chi connectivity index (χ1) is 25.0. The topological polar surface area (TPSA) is 152 Å². The number of rotatable bonds is 12. The number of H-pyrrole nitrogens is 2. The van der Waals surface area contributed by atoms with Crippen molar-refractivity contribution >= 4 is 39.3 Å². The molecule has 5 aromatic heterocycles. The number of amides is 1. The lowest BCUT2D eigenvalue weighted by molar-refractivity contribution is -0.120. The van der Waals surface area contributed by atoms with Crippen molar-refractivity contribution in [3.05, 3.63) is 115 Å². The normalized spacial score (nSPS) is 16.5. The average molecular weight is 678 g/mol. The van der Waals surface area contributed by atoms with Crippen molar-refractivity contribution in [2.24, 2.45) is 0 Å². The van der Waals surface area contributed by atoms with Crippen molar-refractivity contribution in [3.63, 3.8) is 0 Å². The Labute approximate surface area is 295 Å². The summed E-state index contributed by atoms with van der Waals surface area (Å²) in [6.45, 7) is 1.45. The van der Waals surface area contributed by atoms with Gasteiger partial charge in [-0.1, -0.05) is 42.5 Å². The third kappa shape index (κ3) is 6.73. The zero-order valence-electron chi connectivity index (χ0n) is 28.5. The van der Waals surface area contributed by atoms with Gasteiger partial charge >= 0.3 is 0 Å². The molecule has 1 aliphatic rings. The lowest BCUT2D eigenvalue weighted by atomic mass is 9.93. The maximum absolute atomic E-state index is 13.4. The van der Waals surface area contributed by atoms with Crippen LogP contribution in [0.5, 0.6) is 0 Å². The van der Waals surface area contributed by atoms with Crippen LogP contribution in [0.4, 0.5) is 11.6 Å². The van der Waals surface area contributed by atoms with E-state index < -0.39 is 0 Å². The van der Waals surface area contributed by atoms with E-state index in [1.807, 2.05) is 85.1 Å². The molecule has 7 aromatic rings. The molecule has 3 unspecified atom stereocenters. The Morgan fingerprint density at radius 3 is 2.49 bits per heavy atom. The summed E-state index contributed by atoms with van der Waals surface area (Å²) in [5.74, 6) is 1.16. The molecule has 5 N–H and O–H groups in total. The van der Waals surface area contributed by atoms with Gasteiger partial charge in [0, 0.05) is 53.1 Å². The largest absolute Gasteiger partial charge is 0.368 e. The van der Waals surface area contributed by atoms with Gasteiger partial charge in [0.15, 0.2) is 0 Å². The quantitative estimate of drug-likeness (QED) is 0.103. The zero-order valence-corrected chi connectivity index (χ0v) is 28.5. The fraction of sp³-hybridized carbons (Fsp3) is 0.231. The van der Waals surface area contributed by atoms with Gasteiger partial charge < -0.3 is 20.9 Å². The first-order valence-electron chi connectivity index (χ1n) is 17.2. The van der Waals surface area contributed by atoms with Crippen LogP contribution in [0.1, 0.15) is 36.1 Å². The number of nitrogens with one attached hydrogen (secondary N) is 5. The first kappa shape index (κ1) is 32.1. The van der Waals surface area contributed by atoms with Gasteiger partial charge in [0.2, 0.25) is 5.91 Å². The van der Waals surface area contributed by atoms with Crippen molar-refractivity contribution < 1.29 is 4.79 Å². The van der Waals surface area contributed by atoms with Crippen molar-refractivity contribution in [1.82, 2.24) is 45.6 Å². The maximum Gasteiger partial charge on any atom is 0.227 e. The SMILES string of the molecule is CN(C)CCC(Nc1cc(-c2[nH]nc3c(C4CC(CNc5cc(-c6n[nH]c7ccccc67)ccn5)NC4=O)cccc23)ccn1)c1ccccn1. The lowest BCUT2D eigenvalue weighted by Gasteiger charge is -2.21. The van der Waals surface area contributed by atoms with Crippen LogP contribution < -0.4 is 16.0 Å². The number of pyridine rings is 3. The Bertz CT molecular complexity index is 2300. The van der Waals surface area contributed by atoms with Gasteiger partial charge in [-0.2, -0.15) is 10.2 Å². The van der Waals surface area contributed by atoms with Gasteiger partial charge in [0.05, 0.1) is 34.4 Å². The highest BCUT2D eigenvalue weighted by Crippen LogP contribution is 2.36. The third-order valence-corrected chi connectivity index (χ3v) is 9.49. The molecule has 0 bridgehead atoms. The predicted molar refractivity (Wildman–Crippen MR) is 200 cm³/mol. The van der Waals surface area contributed by atoms with E-state index in [0.717, 1.165) is 80.2 Å². The van der Waals surface area contributed by atoms with E-state index in [-0.39, 0.29) is 23.9 Å². The summed E-state index contributed by atoms with van der Waals surface area (Å²) < 4.78 is 0. The fourth-order valence-corrected chi connectivity index (χ4v) is 6.91. The van der Waals surface area contributed by atoms with Crippen LogP contribution in [0.3, 0.4) is 0 Å². The molecule has 0 spiro atoms. The summed E-state index contributed by atoms with van der Waals surface area (Å²) >= 11 is 0. The van der Waals surface area contributed by atoms with Crippen molar-refractivity contribution in [1.29, 1.82) is 0 Å². The minimum atomic E-state index is -0.322. The Morgan fingerprint density at radius 2 is 1.63 bits per heavy atom. The number of fused-ring (bicyclic) bond motifs is 2. The second-order valence-electron chi connectivity index (χ2n) is 13.2. The number of hydrogen-bond donors (Lipinski definition) is 5. The van der Waals surface area contributed by atoms with Crippen LogP contribution in [-0.4, -0.2) is 79.4 Å². The molecule has 6 heterocycles. The highest BCUT2D eigenvalue weighted by Gasteiger charge is 2.34. The summed E-state index contributed by atoms with van der Waals surface area (Å²) in [5.41, 5.74) is 7.35. The van der Waals surface area contributed by atoms with E-state index in [9.17, 15) is 4.79 Å². The van der Waals surface area contributed by atoms with E-state index in [2.05, 4.69) is 71.3 Å². The summed E-state index contributed by atoms with van der Waals surface area (Å²) in [6.07, 6.45) is 6.92. The molecule has 256 valence electrons. The van der Waals surface area contributed by atoms with Crippen LogP contribution >= 0.6 is 0 Å². The second kappa shape index (κ2) is 14.0. The van der Waals surface area contributed by atoms with Crippen LogP contribution in [0.15, 0.2) is 104 Å². The summed E-state index contributed by atoms with van der Waals surface area (Å²) in [4.78, 5) is 29.3. The molecular formula is C39H39N11O. The van der Waals surface area contributed by atoms with E-state index in [4.69, 9.17) is 5.10 Å². The second-order valence-corrected chi connectivity index (χ2v) is 13.2. The number of nitrogens with zero attached hydrogens (tertiary/aromatic N) is 6. The lowest BCUT2D eigenvalue weighted by Crippen LogP contribution is -2.32. The number of aromatic nitrogens is 7. The Kier molecular flexibility index (Phi) is 8.81. The van der Waals surface area contributed by atoms with E-state index in [0.29, 0.717) is 13.0 Å². The minimum absolute atomic E-state index is 0.000925. The molecule has 12 nitrogen and oxygen atoms in total. The molecule has 0 aliphatic carbocycles. The van der Waals surface area contributed by atoms with Crippen LogP contribution in [0, 0.1) is 0 Å². The molecule has 8 rings (SSSR count). The Balaban J connectivity index is 0.976. The van der Waals surface area contributed by atoms with Gasteiger partial charge in [0.1, 0.15) is 17.3 Å². The third-order valence-electron chi connectivity index (χ3n) is 9.49. The van der Waals surface area contributed by atoms with Gasteiger partial charge in [-0.25, -0.2) is 9.97 Å². The molecule has 51 heavy (non-hydrogen) atoms. The molecule has 1 amide bonds. The number of carbonyl (C=O) groups is 1. The molecule has 1 fully saturated rings. The molecule has 1 aliphatic heterocycles. The van der Waals surface area contributed by atoms with Crippen molar-refractivity contribution in [2.45, 2.75) is 30.8 Å². The number of carbonyl (C=O) groups excluding carboxylic acids is 1. The number of aromatic amines is 2. The smallest absolute Gasteiger partial charge is 0.227 e. The van der Waals surface area contributed by atoms with Crippen molar-refractivity contribution in [2.75, 3.05) is 37.8 Å². The summed E-state index contributed by atoms with van der Waals surface area (Å²) in [7, 11) is 4.14. The van der Waals surface area contributed by atoms with Gasteiger partial charge in [-0.15, -0.1) is 0 Å². The fourth-order valence-electron chi connectivity index (χ4n) is 6.91. The number of anilines is 2. The Hall–Kier alpha value is -6.14. The van der Waals surface area contributed by atoms with Crippen molar-refractivity contribution in [3.8, 4) is 22.5 Å². The number of para-hydroxylation sites is 2. The van der Waals surface area contributed by atoms with E-state index in [1.165, 1.54) is 0 Å². The monoisotopic (exact) mass is 677 g/mol. The van der Waals surface area contributed by atoms with Crippen LogP contribution in [0.25, 0.3) is 44.3 Å². The average Bonchev–Trinajstić information content (AvgIpc) is 3.90. The summed E-state index contributed by atoms with van der Waals surface area (Å²) in [6, 6.07) is 28.0. The highest BCUT2D eigenvalue weighted by molar-refractivity contribution is 5.98. The van der Waals surface area contributed by atoms with E-state index >= 15 is 0 Å². The molecule has 2 aromatic carbocycles. The van der Waals surface area contributed by atoms with Crippen LogP contribution in [0.2, 0.25) is 0 Å². The standard InChI is InChI=1S/C39H39N11O/c1-50(2)19-15-33(32-12-5-6-16-40-32)45-35-21-25(14-18-42-35)37-29-10-7-9-27(38(29)49-48-37)30-22-26(44-39(30)51)23-43-34-20-24(13-17-41-34)36-28-8-3-4-11-31(28)46-47-36/h3-14,16-18,20-21,26,30,33H,15,19,22-23H2,1-2H3,(H,41,43)(H,42,45)(H,44,51)(H,46,47)(H,48,49). The highest BCUT2D eigenvalue weighted by atomic mass is 16.2. The predicted octanol–water partition coefficient (Wildman–Crippen LogP) is 6.15. The Morgan fingerprint density at radius 1 is 0.824 bits per heavy atom. The van der Waals surface area contributed by atoms with Gasteiger partial charge in [-0.3, -0.25) is 20.0 Å².